The number of para-hydroxylation sites is 1. The van der Waals surface area contributed by atoms with Crippen molar-refractivity contribution in [2.45, 2.75) is 12.1 Å². The summed E-state index contributed by atoms with van der Waals surface area (Å²) in [5.41, 5.74) is 4.19. The number of hydrogen-bond donors (Lipinski definition) is 2. The molecule has 0 fully saturated rings. The summed E-state index contributed by atoms with van der Waals surface area (Å²) in [7, 11) is 0. The summed E-state index contributed by atoms with van der Waals surface area (Å²) in [6, 6.07) is 16.2. The number of thioether (sulfide) groups is 1. The number of aromatic hydroxyl groups is 1. The van der Waals surface area contributed by atoms with Crippen LogP contribution in [0.4, 0.5) is 0 Å². The minimum atomic E-state index is -0.245. The van der Waals surface area contributed by atoms with E-state index in [2.05, 4.69) is 20.7 Å². The van der Waals surface area contributed by atoms with Crippen LogP contribution >= 0.6 is 11.8 Å². The predicted molar refractivity (Wildman–Crippen MR) is 101 cm³/mol. The number of carbonyl (C=O) groups excluding carboxylic acids is 1. The standard InChI is InChI=1S/C18H17N5O2S/c1-13-20-22-18(23(13)15-5-3-2-4-6-15)26-12-17(25)21-19-11-14-7-9-16(24)10-8-14/h2-11,24H,12H2,1H3,(H,21,25)/b19-11+. The van der Waals surface area contributed by atoms with Crippen molar-refractivity contribution in [3.63, 3.8) is 0 Å². The highest BCUT2D eigenvalue weighted by molar-refractivity contribution is 7.99. The van der Waals surface area contributed by atoms with Crippen molar-refractivity contribution in [2.75, 3.05) is 5.75 Å². The minimum absolute atomic E-state index is 0.165. The van der Waals surface area contributed by atoms with Crippen molar-refractivity contribution < 1.29 is 9.90 Å². The van der Waals surface area contributed by atoms with Crippen LogP contribution < -0.4 is 5.43 Å². The fourth-order valence-corrected chi connectivity index (χ4v) is 3.00. The Hall–Kier alpha value is -3.13. The van der Waals surface area contributed by atoms with E-state index in [9.17, 15) is 9.90 Å². The van der Waals surface area contributed by atoms with Crippen molar-refractivity contribution >= 4 is 23.9 Å². The van der Waals surface area contributed by atoms with Gasteiger partial charge in [-0.2, -0.15) is 5.10 Å². The van der Waals surface area contributed by atoms with E-state index in [1.807, 2.05) is 41.8 Å². The SMILES string of the molecule is Cc1nnc(SCC(=O)N/N=C/c2ccc(O)cc2)n1-c1ccccc1. The lowest BCUT2D eigenvalue weighted by atomic mass is 10.2. The molecule has 0 atom stereocenters. The van der Waals surface area contributed by atoms with Gasteiger partial charge in [0.05, 0.1) is 12.0 Å². The number of carbonyl (C=O) groups is 1. The highest BCUT2D eigenvalue weighted by Gasteiger charge is 2.12. The van der Waals surface area contributed by atoms with Gasteiger partial charge in [0.15, 0.2) is 5.16 Å². The molecule has 0 aliphatic carbocycles. The zero-order chi connectivity index (χ0) is 18.4. The number of aryl methyl sites for hydroxylation is 1. The molecule has 0 bridgehead atoms. The Labute approximate surface area is 154 Å². The molecule has 1 heterocycles. The van der Waals surface area contributed by atoms with Crippen LogP contribution in [0.15, 0.2) is 64.9 Å². The fourth-order valence-electron chi connectivity index (χ4n) is 2.21. The number of phenolic OH excluding ortho intramolecular Hbond substituents is 1. The van der Waals surface area contributed by atoms with Crippen LogP contribution in [-0.4, -0.2) is 37.7 Å². The molecule has 0 saturated heterocycles. The molecule has 0 spiro atoms. The lowest BCUT2D eigenvalue weighted by molar-refractivity contribution is -0.118. The van der Waals surface area contributed by atoms with Gasteiger partial charge in [0, 0.05) is 5.69 Å². The number of rotatable bonds is 6. The smallest absolute Gasteiger partial charge is 0.250 e. The molecule has 0 radical (unpaired) electrons. The number of nitrogens with zero attached hydrogens (tertiary/aromatic N) is 4. The average molecular weight is 367 g/mol. The van der Waals surface area contributed by atoms with E-state index < -0.39 is 0 Å². The topological polar surface area (TPSA) is 92.4 Å². The monoisotopic (exact) mass is 367 g/mol. The molecule has 2 aromatic carbocycles. The second kappa shape index (κ2) is 8.30. The van der Waals surface area contributed by atoms with Crippen LogP contribution in [0, 0.1) is 6.92 Å². The van der Waals surface area contributed by atoms with Gasteiger partial charge < -0.3 is 5.11 Å². The maximum Gasteiger partial charge on any atom is 0.250 e. The summed E-state index contributed by atoms with van der Waals surface area (Å²) < 4.78 is 1.90. The summed E-state index contributed by atoms with van der Waals surface area (Å²) in [5.74, 6) is 0.855. The number of hydrazone groups is 1. The second-order valence-corrected chi connectivity index (χ2v) is 6.32. The lowest BCUT2D eigenvalue weighted by Gasteiger charge is -2.07. The van der Waals surface area contributed by atoms with E-state index in [0.717, 1.165) is 17.1 Å². The van der Waals surface area contributed by atoms with E-state index in [-0.39, 0.29) is 17.4 Å². The predicted octanol–water partition coefficient (Wildman–Crippen LogP) is 2.52. The number of aromatic nitrogens is 3. The molecule has 132 valence electrons. The van der Waals surface area contributed by atoms with Crippen LogP contribution in [0.25, 0.3) is 5.69 Å². The van der Waals surface area contributed by atoms with Gasteiger partial charge in [0.2, 0.25) is 0 Å². The number of nitrogens with one attached hydrogen (secondary N) is 1. The molecular formula is C18H17N5O2S. The molecule has 0 aliphatic rings. The molecule has 3 rings (SSSR count). The lowest BCUT2D eigenvalue weighted by Crippen LogP contribution is -2.20. The molecule has 0 saturated carbocycles. The highest BCUT2D eigenvalue weighted by atomic mass is 32.2. The van der Waals surface area contributed by atoms with E-state index in [1.165, 1.54) is 18.0 Å². The third kappa shape index (κ3) is 4.48. The van der Waals surface area contributed by atoms with Gasteiger partial charge in [-0.3, -0.25) is 9.36 Å². The van der Waals surface area contributed by atoms with Gasteiger partial charge in [0.1, 0.15) is 11.6 Å². The van der Waals surface area contributed by atoms with Gasteiger partial charge in [-0.1, -0.05) is 30.0 Å². The van der Waals surface area contributed by atoms with Gasteiger partial charge >= 0.3 is 0 Å². The van der Waals surface area contributed by atoms with Crippen LogP contribution in [0.5, 0.6) is 5.75 Å². The van der Waals surface area contributed by atoms with Crippen LogP contribution in [-0.2, 0) is 4.79 Å². The quantitative estimate of drug-likeness (QED) is 0.397. The Morgan fingerprint density at radius 1 is 1.19 bits per heavy atom. The first-order chi connectivity index (χ1) is 12.6. The zero-order valence-corrected chi connectivity index (χ0v) is 14.8. The fraction of sp³-hybridized carbons (Fsp3) is 0.111. The number of phenols is 1. The summed E-state index contributed by atoms with van der Waals surface area (Å²) in [6.07, 6.45) is 1.51. The first kappa shape index (κ1) is 17.7. The van der Waals surface area contributed by atoms with Crippen LogP contribution in [0.2, 0.25) is 0 Å². The second-order valence-electron chi connectivity index (χ2n) is 5.37. The first-order valence-electron chi connectivity index (χ1n) is 7.84. The molecule has 7 nitrogen and oxygen atoms in total. The molecule has 0 unspecified atom stereocenters. The molecule has 8 heteroatoms. The third-order valence-electron chi connectivity index (χ3n) is 3.44. The molecule has 2 N–H and O–H groups in total. The minimum Gasteiger partial charge on any atom is -0.508 e. The molecular weight excluding hydrogens is 350 g/mol. The number of benzene rings is 2. The maximum absolute atomic E-state index is 12.0. The molecule has 1 aromatic heterocycles. The number of hydrogen-bond acceptors (Lipinski definition) is 6. The normalized spacial score (nSPS) is 11.0. The summed E-state index contributed by atoms with van der Waals surface area (Å²) in [6.45, 7) is 1.87. The summed E-state index contributed by atoms with van der Waals surface area (Å²) >= 11 is 1.29. The van der Waals surface area contributed by atoms with Crippen molar-refractivity contribution in [3.8, 4) is 11.4 Å². The van der Waals surface area contributed by atoms with Gasteiger partial charge in [-0.25, -0.2) is 5.43 Å². The Morgan fingerprint density at radius 3 is 2.65 bits per heavy atom. The van der Waals surface area contributed by atoms with E-state index in [1.54, 1.807) is 24.3 Å². The van der Waals surface area contributed by atoms with Crippen LogP contribution in [0.1, 0.15) is 11.4 Å². The molecule has 1 amide bonds. The van der Waals surface area contributed by atoms with E-state index >= 15 is 0 Å². The highest BCUT2D eigenvalue weighted by Crippen LogP contribution is 2.21. The third-order valence-corrected chi connectivity index (χ3v) is 4.37. The Kier molecular flexibility index (Phi) is 5.65. The van der Waals surface area contributed by atoms with E-state index in [0.29, 0.717) is 5.16 Å². The van der Waals surface area contributed by atoms with Crippen LogP contribution in [0.3, 0.4) is 0 Å². The van der Waals surface area contributed by atoms with Crippen molar-refractivity contribution in [1.82, 2.24) is 20.2 Å². The maximum atomic E-state index is 12.0. The molecule has 0 aliphatic heterocycles. The Bertz CT molecular complexity index is 907. The average Bonchev–Trinajstić information content (AvgIpc) is 3.03. The largest absolute Gasteiger partial charge is 0.508 e. The molecule has 26 heavy (non-hydrogen) atoms. The summed E-state index contributed by atoms with van der Waals surface area (Å²) in [4.78, 5) is 12.0. The number of amides is 1. The van der Waals surface area contributed by atoms with Gasteiger partial charge in [-0.05, 0) is 48.9 Å². The molecule has 3 aromatic rings. The Morgan fingerprint density at radius 2 is 1.92 bits per heavy atom. The van der Waals surface area contributed by atoms with E-state index in [4.69, 9.17) is 0 Å². The van der Waals surface area contributed by atoms with Crippen molar-refractivity contribution in [3.05, 3.63) is 66.0 Å². The van der Waals surface area contributed by atoms with Gasteiger partial charge in [0.25, 0.3) is 5.91 Å². The van der Waals surface area contributed by atoms with Crippen molar-refractivity contribution in [2.24, 2.45) is 5.10 Å². The van der Waals surface area contributed by atoms with Crippen molar-refractivity contribution in [1.29, 1.82) is 0 Å². The first-order valence-corrected chi connectivity index (χ1v) is 8.83. The zero-order valence-electron chi connectivity index (χ0n) is 14.0. The van der Waals surface area contributed by atoms with Gasteiger partial charge in [-0.15, -0.1) is 10.2 Å². The summed E-state index contributed by atoms with van der Waals surface area (Å²) in [5, 5.41) is 22.0. The Balaban J connectivity index is 1.58.